The van der Waals surface area contributed by atoms with Crippen LogP contribution in [-0.4, -0.2) is 13.1 Å². The van der Waals surface area contributed by atoms with Crippen molar-refractivity contribution < 1.29 is 13.2 Å². The molecule has 0 spiro atoms. The van der Waals surface area contributed by atoms with Gasteiger partial charge in [-0.25, -0.2) is 0 Å². The number of benzene rings is 1. The molecule has 0 aliphatic carbocycles. The van der Waals surface area contributed by atoms with Gasteiger partial charge in [-0.3, -0.25) is 0 Å². The van der Waals surface area contributed by atoms with Gasteiger partial charge in [-0.1, -0.05) is 18.2 Å². The predicted octanol–water partition coefficient (Wildman–Crippen LogP) is 1.71. The van der Waals surface area contributed by atoms with Crippen LogP contribution in [0.15, 0.2) is 24.3 Å². The van der Waals surface area contributed by atoms with Crippen LogP contribution >= 0.6 is 0 Å². The van der Waals surface area contributed by atoms with Gasteiger partial charge in [0.1, 0.15) is 0 Å². The first-order valence-electron chi connectivity index (χ1n) is 4.57. The van der Waals surface area contributed by atoms with Crippen LogP contribution in [0.2, 0.25) is 0 Å². The van der Waals surface area contributed by atoms with Crippen LogP contribution in [0.5, 0.6) is 0 Å². The molecule has 0 saturated carbocycles. The van der Waals surface area contributed by atoms with Crippen molar-refractivity contribution in [2.45, 2.75) is 12.1 Å². The van der Waals surface area contributed by atoms with Gasteiger partial charge in [-0.05, 0) is 11.6 Å². The molecule has 15 heavy (non-hydrogen) atoms. The third-order valence-corrected chi connectivity index (χ3v) is 2.28. The molecule has 84 valence electrons. The van der Waals surface area contributed by atoms with Crippen LogP contribution in [0.4, 0.5) is 13.2 Å². The summed E-state index contributed by atoms with van der Waals surface area (Å²) in [6.07, 6.45) is -4.35. The lowest BCUT2D eigenvalue weighted by Gasteiger charge is -2.18. The first-order chi connectivity index (χ1) is 7.00. The van der Waals surface area contributed by atoms with Crippen molar-refractivity contribution in [2.75, 3.05) is 13.1 Å². The molecule has 0 saturated heterocycles. The minimum Gasteiger partial charge on any atom is -0.330 e. The van der Waals surface area contributed by atoms with E-state index >= 15 is 0 Å². The molecule has 1 aromatic carbocycles. The van der Waals surface area contributed by atoms with Gasteiger partial charge in [0.05, 0.1) is 5.56 Å². The molecule has 1 rings (SSSR count). The summed E-state index contributed by atoms with van der Waals surface area (Å²) in [4.78, 5) is 0. The third kappa shape index (κ3) is 2.70. The van der Waals surface area contributed by atoms with E-state index in [1.807, 2.05) is 0 Å². The lowest BCUT2D eigenvalue weighted by atomic mass is 9.94. The minimum atomic E-state index is -4.35. The van der Waals surface area contributed by atoms with Crippen molar-refractivity contribution in [1.82, 2.24) is 0 Å². The molecule has 1 aromatic rings. The Labute approximate surface area is 86.1 Å². The summed E-state index contributed by atoms with van der Waals surface area (Å²) in [5, 5.41) is 0. The van der Waals surface area contributed by atoms with E-state index in [4.69, 9.17) is 11.5 Å². The van der Waals surface area contributed by atoms with Crippen molar-refractivity contribution in [3.05, 3.63) is 35.4 Å². The summed E-state index contributed by atoms with van der Waals surface area (Å²) < 4.78 is 37.8. The summed E-state index contributed by atoms with van der Waals surface area (Å²) in [7, 11) is 0. The molecule has 4 N–H and O–H groups in total. The molecule has 0 unspecified atom stereocenters. The van der Waals surface area contributed by atoms with Gasteiger partial charge in [-0.15, -0.1) is 0 Å². The summed E-state index contributed by atoms with van der Waals surface area (Å²) in [6.45, 7) is 0.229. The van der Waals surface area contributed by atoms with E-state index in [0.717, 1.165) is 6.07 Å². The lowest BCUT2D eigenvalue weighted by Crippen LogP contribution is -2.24. The molecule has 0 heterocycles. The predicted molar refractivity (Wildman–Crippen MR) is 52.3 cm³/mol. The zero-order valence-electron chi connectivity index (χ0n) is 8.09. The largest absolute Gasteiger partial charge is 0.416 e. The zero-order chi connectivity index (χ0) is 11.5. The highest BCUT2D eigenvalue weighted by molar-refractivity contribution is 5.33. The SMILES string of the molecule is NCC(CN)c1ccccc1C(F)(F)F. The van der Waals surface area contributed by atoms with Crippen molar-refractivity contribution in [2.24, 2.45) is 11.5 Å². The highest BCUT2D eigenvalue weighted by Crippen LogP contribution is 2.34. The molecular weight excluding hydrogens is 205 g/mol. The fourth-order valence-electron chi connectivity index (χ4n) is 1.46. The Balaban J connectivity index is 3.17. The lowest BCUT2D eigenvalue weighted by molar-refractivity contribution is -0.138. The quantitative estimate of drug-likeness (QED) is 0.811. The number of rotatable bonds is 3. The average molecular weight is 218 g/mol. The summed E-state index contributed by atoms with van der Waals surface area (Å²) in [5.41, 5.74) is 10.3. The second-order valence-corrected chi connectivity index (χ2v) is 3.25. The molecule has 0 atom stereocenters. The van der Waals surface area contributed by atoms with E-state index in [2.05, 4.69) is 0 Å². The van der Waals surface area contributed by atoms with E-state index in [1.54, 1.807) is 6.07 Å². The maximum atomic E-state index is 12.6. The fraction of sp³-hybridized carbons (Fsp3) is 0.400. The first kappa shape index (κ1) is 12.0. The monoisotopic (exact) mass is 218 g/mol. The van der Waals surface area contributed by atoms with Crippen LogP contribution in [0.1, 0.15) is 17.0 Å². The van der Waals surface area contributed by atoms with Gasteiger partial charge in [0.2, 0.25) is 0 Å². The van der Waals surface area contributed by atoms with Crippen LogP contribution in [0.3, 0.4) is 0 Å². The number of hydrogen-bond acceptors (Lipinski definition) is 2. The zero-order valence-corrected chi connectivity index (χ0v) is 8.09. The van der Waals surface area contributed by atoms with E-state index in [9.17, 15) is 13.2 Å². The minimum absolute atomic E-state index is 0.115. The molecule has 0 aliphatic heterocycles. The van der Waals surface area contributed by atoms with Crippen molar-refractivity contribution in [1.29, 1.82) is 0 Å². The molecule has 0 aliphatic rings. The third-order valence-electron chi connectivity index (χ3n) is 2.28. The Kier molecular flexibility index (Phi) is 3.71. The Hall–Kier alpha value is -1.07. The van der Waals surface area contributed by atoms with E-state index in [1.165, 1.54) is 12.1 Å². The summed E-state index contributed by atoms with van der Waals surface area (Å²) in [6, 6.07) is 5.39. The molecule has 0 radical (unpaired) electrons. The molecule has 5 heteroatoms. The van der Waals surface area contributed by atoms with Crippen molar-refractivity contribution in [3.8, 4) is 0 Å². The van der Waals surface area contributed by atoms with Crippen LogP contribution in [0, 0.1) is 0 Å². The topological polar surface area (TPSA) is 52.0 Å². The molecule has 2 nitrogen and oxygen atoms in total. The second-order valence-electron chi connectivity index (χ2n) is 3.25. The number of nitrogens with two attached hydrogens (primary N) is 2. The summed E-state index contributed by atoms with van der Waals surface area (Å²) >= 11 is 0. The summed E-state index contributed by atoms with van der Waals surface area (Å²) in [5.74, 6) is -0.442. The molecule has 0 aromatic heterocycles. The fourth-order valence-corrected chi connectivity index (χ4v) is 1.46. The maximum Gasteiger partial charge on any atom is 0.416 e. The molecule has 0 bridgehead atoms. The Morgan fingerprint density at radius 3 is 2.07 bits per heavy atom. The van der Waals surface area contributed by atoms with Crippen LogP contribution in [0.25, 0.3) is 0 Å². The Morgan fingerprint density at radius 2 is 1.60 bits per heavy atom. The smallest absolute Gasteiger partial charge is 0.330 e. The Bertz CT molecular complexity index is 319. The first-order valence-corrected chi connectivity index (χ1v) is 4.57. The van der Waals surface area contributed by atoms with E-state index in [0.29, 0.717) is 0 Å². The molecule has 0 fully saturated rings. The van der Waals surface area contributed by atoms with E-state index < -0.39 is 17.7 Å². The molecular formula is C10H13F3N2. The highest BCUT2D eigenvalue weighted by atomic mass is 19.4. The normalized spacial score (nSPS) is 12.1. The standard InChI is InChI=1S/C10H13F3N2/c11-10(12,13)9-4-2-1-3-8(9)7(5-14)6-15/h1-4,7H,5-6,14-15H2. The molecule has 0 amide bonds. The number of hydrogen-bond donors (Lipinski definition) is 2. The second kappa shape index (κ2) is 4.63. The maximum absolute atomic E-state index is 12.6. The van der Waals surface area contributed by atoms with Crippen molar-refractivity contribution >= 4 is 0 Å². The van der Waals surface area contributed by atoms with E-state index in [-0.39, 0.29) is 18.7 Å². The number of halogens is 3. The number of alkyl halides is 3. The highest BCUT2D eigenvalue weighted by Gasteiger charge is 2.34. The average Bonchev–Trinajstić information content (AvgIpc) is 2.19. The van der Waals surface area contributed by atoms with Gasteiger partial charge in [-0.2, -0.15) is 13.2 Å². The van der Waals surface area contributed by atoms with Gasteiger partial charge in [0, 0.05) is 19.0 Å². The van der Waals surface area contributed by atoms with Gasteiger partial charge >= 0.3 is 6.18 Å². The van der Waals surface area contributed by atoms with Gasteiger partial charge in [0.15, 0.2) is 0 Å². The van der Waals surface area contributed by atoms with Gasteiger partial charge < -0.3 is 11.5 Å². The van der Waals surface area contributed by atoms with Crippen LogP contribution < -0.4 is 11.5 Å². The Morgan fingerprint density at radius 1 is 1.07 bits per heavy atom. The van der Waals surface area contributed by atoms with Crippen molar-refractivity contribution in [3.63, 3.8) is 0 Å². The van der Waals surface area contributed by atoms with Crippen LogP contribution in [-0.2, 0) is 6.18 Å². The van der Waals surface area contributed by atoms with Gasteiger partial charge in [0.25, 0.3) is 0 Å².